The van der Waals surface area contributed by atoms with Gasteiger partial charge in [-0.25, -0.2) is 4.39 Å². The Morgan fingerprint density at radius 3 is 2.83 bits per heavy atom. The van der Waals surface area contributed by atoms with Gasteiger partial charge in [-0.15, -0.1) is 0 Å². The quantitative estimate of drug-likeness (QED) is 0.835. The van der Waals surface area contributed by atoms with Gasteiger partial charge >= 0.3 is 0 Å². The molecular formula is C15H23FN2. The lowest BCUT2D eigenvalue weighted by molar-refractivity contribution is 0.282. The molecule has 3 heteroatoms. The van der Waals surface area contributed by atoms with Gasteiger partial charge < -0.3 is 10.2 Å². The first kappa shape index (κ1) is 13.5. The maximum Gasteiger partial charge on any atom is 0.123 e. The van der Waals surface area contributed by atoms with Crippen LogP contribution in [0.1, 0.15) is 25.3 Å². The Labute approximate surface area is 109 Å². The molecule has 1 aromatic rings. The molecule has 0 spiro atoms. The van der Waals surface area contributed by atoms with Crippen LogP contribution in [0.2, 0.25) is 0 Å². The molecule has 2 nitrogen and oxygen atoms in total. The maximum absolute atomic E-state index is 13.0. The Morgan fingerprint density at radius 2 is 2.11 bits per heavy atom. The first-order chi connectivity index (χ1) is 8.74. The van der Waals surface area contributed by atoms with Crippen molar-refractivity contribution in [2.75, 3.05) is 26.2 Å². The van der Waals surface area contributed by atoms with E-state index < -0.39 is 0 Å². The van der Waals surface area contributed by atoms with Crippen molar-refractivity contribution in [1.29, 1.82) is 0 Å². The zero-order valence-electron chi connectivity index (χ0n) is 11.2. The Bertz CT molecular complexity index is 361. The van der Waals surface area contributed by atoms with Crippen molar-refractivity contribution in [3.8, 4) is 0 Å². The molecule has 1 aromatic carbocycles. The van der Waals surface area contributed by atoms with E-state index in [1.165, 1.54) is 38.5 Å². The van der Waals surface area contributed by atoms with Crippen molar-refractivity contribution >= 4 is 0 Å². The fourth-order valence-corrected chi connectivity index (χ4v) is 2.58. The second-order valence-corrected chi connectivity index (χ2v) is 5.37. The van der Waals surface area contributed by atoms with Gasteiger partial charge in [0.2, 0.25) is 0 Å². The molecule has 2 rings (SSSR count). The van der Waals surface area contributed by atoms with Gasteiger partial charge in [0.25, 0.3) is 0 Å². The first-order valence-corrected chi connectivity index (χ1v) is 6.91. The van der Waals surface area contributed by atoms with Crippen LogP contribution < -0.4 is 5.32 Å². The maximum atomic E-state index is 13.0. The standard InChI is InChI=1S/C15H23FN2/c1-13(12-18-7-2-3-8-18)10-17-11-14-5-4-6-15(16)9-14/h4-6,9,13,17H,2-3,7-8,10-12H2,1H3. The highest BCUT2D eigenvalue weighted by Crippen LogP contribution is 2.10. The number of hydrogen-bond acceptors (Lipinski definition) is 2. The summed E-state index contributed by atoms with van der Waals surface area (Å²) in [5.74, 6) is 0.496. The van der Waals surface area contributed by atoms with E-state index in [-0.39, 0.29) is 5.82 Å². The number of nitrogens with one attached hydrogen (secondary N) is 1. The number of nitrogens with zero attached hydrogens (tertiary/aromatic N) is 1. The zero-order valence-corrected chi connectivity index (χ0v) is 11.2. The molecular weight excluding hydrogens is 227 g/mol. The van der Waals surface area contributed by atoms with Gasteiger partial charge in [-0.1, -0.05) is 19.1 Å². The number of hydrogen-bond donors (Lipinski definition) is 1. The summed E-state index contributed by atoms with van der Waals surface area (Å²) in [7, 11) is 0. The van der Waals surface area contributed by atoms with Crippen LogP contribution in [-0.2, 0) is 6.54 Å². The van der Waals surface area contributed by atoms with Crippen molar-refractivity contribution in [3.05, 3.63) is 35.6 Å². The highest BCUT2D eigenvalue weighted by atomic mass is 19.1. The number of benzene rings is 1. The summed E-state index contributed by atoms with van der Waals surface area (Å²) in [6, 6.07) is 6.80. The third-order valence-corrected chi connectivity index (χ3v) is 3.48. The summed E-state index contributed by atoms with van der Waals surface area (Å²) in [6.07, 6.45) is 2.70. The van der Waals surface area contributed by atoms with Crippen LogP contribution in [0.3, 0.4) is 0 Å². The van der Waals surface area contributed by atoms with Gasteiger partial charge in [0.05, 0.1) is 0 Å². The first-order valence-electron chi connectivity index (χ1n) is 6.91. The number of rotatable bonds is 6. The zero-order chi connectivity index (χ0) is 12.8. The Hall–Kier alpha value is -0.930. The van der Waals surface area contributed by atoms with E-state index in [1.54, 1.807) is 12.1 Å². The fraction of sp³-hybridized carbons (Fsp3) is 0.600. The van der Waals surface area contributed by atoms with Crippen molar-refractivity contribution in [2.24, 2.45) is 5.92 Å². The molecule has 0 bridgehead atoms. The molecule has 0 radical (unpaired) electrons. The average Bonchev–Trinajstić information content (AvgIpc) is 2.82. The lowest BCUT2D eigenvalue weighted by Crippen LogP contribution is -2.31. The second kappa shape index (κ2) is 6.86. The topological polar surface area (TPSA) is 15.3 Å². The normalized spacial score (nSPS) is 18.1. The molecule has 1 aliphatic heterocycles. The van der Waals surface area contributed by atoms with E-state index in [2.05, 4.69) is 17.1 Å². The summed E-state index contributed by atoms with van der Waals surface area (Å²) < 4.78 is 13.0. The van der Waals surface area contributed by atoms with Crippen LogP contribution in [-0.4, -0.2) is 31.1 Å². The second-order valence-electron chi connectivity index (χ2n) is 5.37. The van der Waals surface area contributed by atoms with Crippen LogP contribution in [0, 0.1) is 11.7 Å². The van der Waals surface area contributed by atoms with Gasteiger partial charge in [0.1, 0.15) is 5.82 Å². The molecule has 1 N–H and O–H groups in total. The van der Waals surface area contributed by atoms with Gasteiger partial charge in [-0.2, -0.15) is 0 Å². The average molecular weight is 250 g/mol. The largest absolute Gasteiger partial charge is 0.312 e. The van der Waals surface area contributed by atoms with Gasteiger partial charge in [-0.05, 0) is 56.1 Å². The molecule has 0 saturated carbocycles. The van der Waals surface area contributed by atoms with Crippen LogP contribution in [0.5, 0.6) is 0 Å². The van der Waals surface area contributed by atoms with E-state index >= 15 is 0 Å². The molecule has 1 unspecified atom stereocenters. The summed E-state index contributed by atoms with van der Waals surface area (Å²) in [5.41, 5.74) is 1.02. The summed E-state index contributed by atoms with van der Waals surface area (Å²) in [4.78, 5) is 2.54. The lowest BCUT2D eigenvalue weighted by atomic mass is 10.1. The van der Waals surface area contributed by atoms with Crippen LogP contribution in [0.25, 0.3) is 0 Å². The fourth-order valence-electron chi connectivity index (χ4n) is 2.58. The van der Waals surface area contributed by atoms with E-state index in [9.17, 15) is 4.39 Å². The molecule has 1 atom stereocenters. The number of halogens is 1. The Balaban J connectivity index is 1.65. The molecule has 0 aromatic heterocycles. The third kappa shape index (κ3) is 4.39. The minimum absolute atomic E-state index is 0.153. The van der Waals surface area contributed by atoms with E-state index in [1.807, 2.05) is 6.07 Å². The minimum Gasteiger partial charge on any atom is -0.312 e. The Morgan fingerprint density at radius 1 is 1.33 bits per heavy atom. The monoisotopic (exact) mass is 250 g/mol. The van der Waals surface area contributed by atoms with E-state index in [0.29, 0.717) is 5.92 Å². The smallest absolute Gasteiger partial charge is 0.123 e. The van der Waals surface area contributed by atoms with Crippen molar-refractivity contribution in [2.45, 2.75) is 26.3 Å². The van der Waals surface area contributed by atoms with Gasteiger partial charge in [0, 0.05) is 13.1 Å². The molecule has 1 fully saturated rings. The lowest BCUT2D eigenvalue weighted by Gasteiger charge is -2.20. The van der Waals surface area contributed by atoms with Crippen molar-refractivity contribution < 1.29 is 4.39 Å². The van der Waals surface area contributed by atoms with Crippen LogP contribution >= 0.6 is 0 Å². The number of likely N-dealkylation sites (tertiary alicyclic amines) is 1. The highest BCUT2D eigenvalue weighted by molar-refractivity contribution is 5.15. The SMILES string of the molecule is CC(CNCc1cccc(F)c1)CN1CCCC1. The van der Waals surface area contributed by atoms with Gasteiger partial charge in [-0.3, -0.25) is 0 Å². The van der Waals surface area contributed by atoms with Crippen LogP contribution in [0.4, 0.5) is 4.39 Å². The predicted molar refractivity (Wildman–Crippen MR) is 72.9 cm³/mol. The van der Waals surface area contributed by atoms with Crippen LogP contribution in [0.15, 0.2) is 24.3 Å². The van der Waals surface area contributed by atoms with Crippen molar-refractivity contribution in [1.82, 2.24) is 10.2 Å². The summed E-state index contributed by atoms with van der Waals surface area (Å²) in [5, 5.41) is 3.41. The predicted octanol–water partition coefficient (Wildman–Crippen LogP) is 2.65. The minimum atomic E-state index is -0.153. The van der Waals surface area contributed by atoms with E-state index in [4.69, 9.17) is 0 Å². The summed E-state index contributed by atoms with van der Waals surface area (Å²) in [6.45, 7) is 7.71. The molecule has 1 heterocycles. The molecule has 1 saturated heterocycles. The highest BCUT2D eigenvalue weighted by Gasteiger charge is 2.14. The third-order valence-electron chi connectivity index (χ3n) is 3.48. The Kier molecular flexibility index (Phi) is 5.14. The van der Waals surface area contributed by atoms with Crippen molar-refractivity contribution in [3.63, 3.8) is 0 Å². The molecule has 18 heavy (non-hydrogen) atoms. The molecule has 0 amide bonds. The molecule has 0 aliphatic carbocycles. The van der Waals surface area contributed by atoms with Gasteiger partial charge in [0.15, 0.2) is 0 Å². The summed E-state index contributed by atoms with van der Waals surface area (Å²) >= 11 is 0. The van der Waals surface area contributed by atoms with E-state index in [0.717, 1.165) is 18.7 Å². The molecule has 100 valence electrons. The molecule has 1 aliphatic rings.